The van der Waals surface area contributed by atoms with Crippen molar-refractivity contribution in [1.82, 2.24) is 0 Å². The summed E-state index contributed by atoms with van der Waals surface area (Å²) in [6.07, 6.45) is -7.29. The van der Waals surface area contributed by atoms with Gasteiger partial charge in [0.25, 0.3) is 0 Å². The highest BCUT2D eigenvalue weighted by molar-refractivity contribution is 6.02. The lowest BCUT2D eigenvalue weighted by Gasteiger charge is -2.26. The largest absolute Gasteiger partial charge is 0.504 e. The number of Topliss-reactive ketones (excluding diaryl/α,β-unsaturated/α-hetero) is 1. The van der Waals surface area contributed by atoms with E-state index in [-0.39, 0.29) is 63.4 Å². The molecule has 0 aliphatic carbocycles. The number of aliphatic hydroxyl groups is 6. The number of benzene rings is 5. The summed E-state index contributed by atoms with van der Waals surface area (Å²) >= 11 is 0. The molecule has 18 nitrogen and oxygen atoms in total. The molecule has 0 saturated heterocycles. The van der Waals surface area contributed by atoms with Crippen molar-refractivity contribution < 1.29 is 88.3 Å². The number of fused-ring (bicyclic) bond motifs is 1. The van der Waals surface area contributed by atoms with Crippen molar-refractivity contribution in [2.24, 2.45) is 0 Å². The maximum Gasteiger partial charge on any atom is 0.205 e. The molecule has 8 N–H and O–H groups in total. The minimum Gasteiger partial charge on any atom is -0.504 e. The van der Waals surface area contributed by atoms with Gasteiger partial charge in [0.05, 0.1) is 67.9 Å². The number of carbonyl (C=O) groups is 1. The molecular weight excluding hydrogens is 877 g/mol. The normalized spacial score (nSPS) is 16.4. The highest BCUT2D eigenvalue weighted by atomic mass is 16.5. The van der Waals surface area contributed by atoms with Gasteiger partial charge < -0.3 is 83.5 Å². The van der Waals surface area contributed by atoms with Gasteiger partial charge in [0.1, 0.15) is 24.4 Å². The molecule has 67 heavy (non-hydrogen) atoms. The number of phenolic OH excluding ortho intramolecular Hbond substituents is 2. The molecule has 5 aromatic rings. The smallest absolute Gasteiger partial charge is 0.205 e. The van der Waals surface area contributed by atoms with Crippen molar-refractivity contribution in [2.45, 2.75) is 49.5 Å². The monoisotopic (exact) mass is 932 g/mol. The molecule has 0 aromatic heterocycles. The van der Waals surface area contributed by atoms with Gasteiger partial charge in [-0.2, -0.15) is 0 Å². The van der Waals surface area contributed by atoms with Gasteiger partial charge in [0.15, 0.2) is 69.7 Å². The SMILES string of the molecule is COc1cc(C(O)C(CO)OC)ccc1OC(CO)C(=O)c1cc(OC)c(O)c(-c2cc(C(O)C(CO)Oc3ccc(C4Oc5c(OC)cc(C)cc5C4CO)cc3OC)cc(OC)c2O)c1. The van der Waals surface area contributed by atoms with Crippen molar-refractivity contribution in [3.05, 3.63) is 106 Å². The third-order valence-corrected chi connectivity index (χ3v) is 11.6. The molecule has 0 bridgehead atoms. The van der Waals surface area contributed by atoms with Crippen LogP contribution in [0, 0.1) is 6.92 Å². The van der Waals surface area contributed by atoms with Crippen LogP contribution in [0.2, 0.25) is 0 Å². The molecule has 0 saturated carbocycles. The number of carbonyl (C=O) groups excluding carboxylic acids is 1. The van der Waals surface area contributed by atoms with Crippen molar-refractivity contribution in [1.29, 1.82) is 0 Å². The van der Waals surface area contributed by atoms with E-state index in [0.717, 1.165) is 11.1 Å². The lowest BCUT2D eigenvalue weighted by Crippen LogP contribution is -2.31. The van der Waals surface area contributed by atoms with Crippen LogP contribution in [0.4, 0.5) is 0 Å². The van der Waals surface area contributed by atoms with Gasteiger partial charge in [0, 0.05) is 29.4 Å². The van der Waals surface area contributed by atoms with Gasteiger partial charge in [-0.15, -0.1) is 0 Å². The summed E-state index contributed by atoms with van der Waals surface area (Å²) in [6, 6.07) is 18.1. The molecule has 7 unspecified atom stereocenters. The van der Waals surface area contributed by atoms with Gasteiger partial charge in [-0.1, -0.05) is 18.2 Å². The fraction of sp³-hybridized carbons (Fsp3) is 0.367. The van der Waals surface area contributed by atoms with Crippen molar-refractivity contribution in [3.63, 3.8) is 0 Å². The van der Waals surface area contributed by atoms with Crippen LogP contribution in [0.1, 0.15) is 62.4 Å². The van der Waals surface area contributed by atoms with E-state index in [2.05, 4.69) is 0 Å². The first kappa shape index (κ1) is 49.9. The molecule has 0 amide bonds. The molecule has 18 heteroatoms. The lowest BCUT2D eigenvalue weighted by atomic mass is 9.90. The number of aryl methyl sites for hydroxylation is 1. The summed E-state index contributed by atoms with van der Waals surface area (Å²) < 4.78 is 51.1. The second kappa shape index (κ2) is 21.9. The minimum atomic E-state index is -1.61. The van der Waals surface area contributed by atoms with E-state index in [9.17, 15) is 45.6 Å². The number of hydrogen-bond acceptors (Lipinski definition) is 18. The fourth-order valence-electron chi connectivity index (χ4n) is 7.99. The predicted molar refractivity (Wildman–Crippen MR) is 240 cm³/mol. The third-order valence-electron chi connectivity index (χ3n) is 11.6. The van der Waals surface area contributed by atoms with E-state index < -0.39 is 79.6 Å². The van der Waals surface area contributed by atoms with Crippen molar-refractivity contribution in [2.75, 3.05) is 69.1 Å². The van der Waals surface area contributed by atoms with E-state index in [1.165, 1.54) is 78.0 Å². The average molecular weight is 933 g/mol. The highest BCUT2D eigenvalue weighted by Gasteiger charge is 2.38. The molecule has 0 spiro atoms. The maximum atomic E-state index is 14.1. The number of hydrogen-bond donors (Lipinski definition) is 8. The van der Waals surface area contributed by atoms with Gasteiger partial charge in [-0.25, -0.2) is 0 Å². The second-order valence-corrected chi connectivity index (χ2v) is 15.6. The summed E-state index contributed by atoms with van der Waals surface area (Å²) in [6.45, 7) is -0.295. The Kier molecular flexibility index (Phi) is 16.3. The quantitative estimate of drug-likeness (QED) is 0.0446. The molecule has 1 aliphatic rings. The lowest BCUT2D eigenvalue weighted by molar-refractivity contribution is -0.0425. The van der Waals surface area contributed by atoms with Crippen LogP contribution in [-0.4, -0.2) is 134 Å². The number of ether oxygens (including phenoxy) is 9. The average Bonchev–Trinajstić information content (AvgIpc) is 3.72. The Morgan fingerprint density at radius 2 is 1.16 bits per heavy atom. The zero-order valence-corrected chi connectivity index (χ0v) is 38.0. The van der Waals surface area contributed by atoms with Crippen LogP contribution in [0.5, 0.6) is 57.5 Å². The highest BCUT2D eigenvalue weighted by Crippen LogP contribution is 2.52. The van der Waals surface area contributed by atoms with Crippen LogP contribution < -0.4 is 37.9 Å². The number of methoxy groups -OCH3 is 6. The van der Waals surface area contributed by atoms with Crippen LogP contribution in [0.15, 0.2) is 72.8 Å². The fourth-order valence-corrected chi connectivity index (χ4v) is 7.99. The second-order valence-electron chi connectivity index (χ2n) is 15.6. The first-order valence-corrected chi connectivity index (χ1v) is 21.0. The molecule has 0 radical (unpaired) electrons. The molecule has 5 aromatic carbocycles. The molecule has 7 atom stereocenters. The first-order valence-electron chi connectivity index (χ1n) is 21.0. The van der Waals surface area contributed by atoms with E-state index in [1.54, 1.807) is 25.3 Å². The van der Waals surface area contributed by atoms with Crippen LogP contribution in [0.25, 0.3) is 11.1 Å². The molecular formula is C49H56O18. The van der Waals surface area contributed by atoms with Crippen LogP contribution in [-0.2, 0) is 4.74 Å². The Labute approximate surface area is 386 Å². The van der Waals surface area contributed by atoms with Crippen molar-refractivity contribution >= 4 is 5.78 Å². The minimum absolute atomic E-state index is 0.0216. The van der Waals surface area contributed by atoms with Crippen LogP contribution in [0.3, 0.4) is 0 Å². The standard InChI is InChI=1S/C49H56O18/c1-24-12-31-32(20-50)48(67-49(31)39(13-24)63-6)26-9-11-34(36(17-26)60-3)66-42(23-53)45(56)28-15-30(47(58)38(19-28)62-5)29-14-27(18-37(61-4)46(29)57)44(55)41(22-52)65-33-10-8-25(16-35(33)59-2)43(54)40(21-51)64-7/h8-19,32,40-43,45,48,50-54,56-58H,20-23H2,1-7H3. The summed E-state index contributed by atoms with van der Waals surface area (Å²) in [7, 11) is 8.13. The summed E-state index contributed by atoms with van der Waals surface area (Å²) in [5.74, 6) is -1.04. The summed E-state index contributed by atoms with van der Waals surface area (Å²) in [5.41, 5.74) is 2.32. The van der Waals surface area contributed by atoms with Crippen LogP contribution >= 0.6 is 0 Å². The predicted octanol–water partition coefficient (Wildman–Crippen LogP) is 4.46. The Bertz CT molecular complexity index is 2520. The third kappa shape index (κ3) is 10.1. The van der Waals surface area contributed by atoms with Gasteiger partial charge in [0.2, 0.25) is 5.78 Å². The van der Waals surface area contributed by atoms with E-state index in [1.807, 2.05) is 19.1 Å². The number of aromatic hydroxyl groups is 2. The van der Waals surface area contributed by atoms with E-state index in [0.29, 0.717) is 22.6 Å². The van der Waals surface area contributed by atoms with E-state index in [4.69, 9.17) is 42.6 Å². The Balaban J connectivity index is 1.30. The summed E-state index contributed by atoms with van der Waals surface area (Å²) in [4.78, 5) is 14.1. The number of ketones is 1. The Hall–Kier alpha value is -6.51. The molecule has 1 heterocycles. The molecule has 0 fully saturated rings. The molecule has 1 aliphatic heterocycles. The van der Waals surface area contributed by atoms with Crippen molar-refractivity contribution in [3.8, 4) is 68.6 Å². The van der Waals surface area contributed by atoms with Gasteiger partial charge in [-0.3, -0.25) is 4.79 Å². The van der Waals surface area contributed by atoms with Gasteiger partial charge >= 0.3 is 0 Å². The Morgan fingerprint density at radius 3 is 1.76 bits per heavy atom. The topological polar surface area (TPSA) is 262 Å². The zero-order valence-electron chi connectivity index (χ0n) is 38.0. The molecule has 6 rings (SSSR count). The van der Waals surface area contributed by atoms with E-state index >= 15 is 0 Å². The zero-order chi connectivity index (χ0) is 48.7. The Morgan fingerprint density at radius 1 is 0.597 bits per heavy atom. The summed E-state index contributed by atoms with van der Waals surface area (Å²) in [5, 5.41) is 86.4. The maximum absolute atomic E-state index is 14.1. The number of rotatable bonds is 22. The number of aliphatic hydroxyl groups excluding tert-OH is 6. The molecule has 360 valence electrons. The number of phenols is 2. The van der Waals surface area contributed by atoms with Gasteiger partial charge in [-0.05, 0) is 83.8 Å². The first-order chi connectivity index (χ1) is 32.2.